The number of primary amides is 1. The molecule has 23 heavy (non-hydrogen) atoms. The van der Waals surface area contributed by atoms with Gasteiger partial charge in [-0.2, -0.15) is 5.10 Å². The summed E-state index contributed by atoms with van der Waals surface area (Å²) in [6.07, 6.45) is 1.13. The number of ether oxygens (including phenoxy) is 1. The largest absolute Gasteiger partial charge is 0.488 e. The second kappa shape index (κ2) is 7.10. The fourth-order valence-electron chi connectivity index (χ4n) is 1.80. The van der Waals surface area contributed by atoms with E-state index in [9.17, 15) is 14.7 Å². The van der Waals surface area contributed by atoms with Gasteiger partial charge in [0.1, 0.15) is 12.2 Å². The highest BCUT2D eigenvalue weighted by molar-refractivity contribution is 5.99. The van der Waals surface area contributed by atoms with Crippen molar-refractivity contribution in [2.24, 2.45) is 5.73 Å². The number of nitrogens with two attached hydrogens (primary N) is 1. The van der Waals surface area contributed by atoms with Crippen LogP contribution in [-0.4, -0.2) is 43.9 Å². The van der Waals surface area contributed by atoms with Gasteiger partial charge in [0.2, 0.25) is 0 Å². The molecule has 4 N–H and O–H groups in total. The van der Waals surface area contributed by atoms with Crippen molar-refractivity contribution < 1.29 is 24.5 Å². The molecule has 0 saturated heterocycles. The van der Waals surface area contributed by atoms with Gasteiger partial charge in [0.25, 0.3) is 5.91 Å². The molecule has 0 radical (unpaired) electrons. The zero-order chi connectivity index (χ0) is 17.8. The van der Waals surface area contributed by atoms with Crippen LogP contribution in [0.25, 0.3) is 5.52 Å². The Morgan fingerprint density at radius 3 is 2.43 bits per heavy atom. The number of carboxylic acids is 1. The number of carbonyl (C=O) groups excluding carboxylic acids is 1. The van der Waals surface area contributed by atoms with Gasteiger partial charge in [-0.25, -0.2) is 9.31 Å². The van der Waals surface area contributed by atoms with E-state index in [1.807, 2.05) is 13.8 Å². The summed E-state index contributed by atoms with van der Waals surface area (Å²) >= 11 is 0. The van der Waals surface area contributed by atoms with Crippen LogP contribution in [0.4, 0.5) is 0 Å². The highest BCUT2D eigenvalue weighted by Gasteiger charge is 2.21. The molecular weight excluding hydrogens is 302 g/mol. The number of aromatic carboxylic acids is 1. The van der Waals surface area contributed by atoms with Gasteiger partial charge >= 0.3 is 5.97 Å². The van der Waals surface area contributed by atoms with E-state index in [-0.39, 0.29) is 29.1 Å². The molecule has 0 unspecified atom stereocenters. The maximum absolute atomic E-state index is 11.6. The van der Waals surface area contributed by atoms with Gasteiger partial charge in [-0.05, 0) is 26.0 Å². The van der Waals surface area contributed by atoms with Gasteiger partial charge < -0.3 is 20.7 Å². The minimum atomic E-state index is -1.16. The Labute approximate surface area is 133 Å². The van der Waals surface area contributed by atoms with E-state index >= 15 is 0 Å². The zero-order valence-corrected chi connectivity index (χ0v) is 13.5. The summed E-state index contributed by atoms with van der Waals surface area (Å²) in [6.45, 7) is 7.03. The lowest BCUT2D eigenvalue weighted by molar-refractivity contribution is 0.0278. The van der Waals surface area contributed by atoms with Crippen LogP contribution in [-0.2, 0) is 0 Å². The van der Waals surface area contributed by atoms with Crippen LogP contribution in [0.3, 0.4) is 0 Å². The Hall–Kier alpha value is -2.61. The third-order valence-corrected chi connectivity index (χ3v) is 2.69. The Morgan fingerprint density at radius 2 is 1.96 bits per heavy atom. The summed E-state index contributed by atoms with van der Waals surface area (Å²) in [5, 5.41) is 22.6. The molecule has 0 aliphatic rings. The highest BCUT2D eigenvalue weighted by Crippen LogP contribution is 2.23. The molecule has 1 amide bonds. The summed E-state index contributed by atoms with van der Waals surface area (Å²) in [5.41, 5.74) is 4.32. The molecule has 0 aromatic carbocycles. The first-order chi connectivity index (χ1) is 10.7. The van der Waals surface area contributed by atoms with Crippen molar-refractivity contribution >= 4 is 17.4 Å². The van der Waals surface area contributed by atoms with E-state index in [1.54, 1.807) is 13.8 Å². The molecule has 8 nitrogen and oxygen atoms in total. The van der Waals surface area contributed by atoms with Crippen LogP contribution >= 0.6 is 0 Å². The lowest BCUT2D eigenvalue weighted by Gasteiger charge is -2.19. The Morgan fingerprint density at radius 1 is 1.35 bits per heavy atom. The van der Waals surface area contributed by atoms with Crippen molar-refractivity contribution in [3.63, 3.8) is 0 Å². The minimum absolute atomic E-state index is 0.0495. The molecule has 2 aromatic heterocycles. The molecule has 0 saturated carbocycles. The first-order valence-electron chi connectivity index (χ1n) is 7.10. The van der Waals surface area contributed by atoms with Crippen LogP contribution in [0.15, 0.2) is 18.3 Å². The number of aromatic nitrogens is 2. The number of hydrogen-bond acceptors (Lipinski definition) is 5. The number of amides is 1. The molecule has 0 spiro atoms. The predicted molar refractivity (Wildman–Crippen MR) is 83.8 cm³/mol. The summed E-state index contributed by atoms with van der Waals surface area (Å²) < 4.78 is 6.50. The second-order valence-electron chi connectivity index (χ2n) is 5.17. The van der Waals surface area contributed by atoms with Crippen molar-refractivity contribution in [3.8, 4) is 5.75 Å². The number of carbonyl (C=O) groups is 2. The SMILES string of the molecule is CC.CC(C)(O)COc1ccc2c(C(=O)O)cnn2c1C(N)=O. The van der Waals surface area contributed by atoms with Gasteiger partial charge in [-0.15, -0.1) is 0 Å². The number of hydrogen-bond donors (Lipinski definition) is 3. The molecule has 126 valence electrons. The predicted octanol–water partition coefficient (Wildman–Crippen LogP) is 1.31. The molecule has 2 aromatic rings. The molecular formula is C15H21N3O5. The number of carboxylic acid groups (broad SMARTS) is 1. The third kappa shape index (κ3) is 4.19. The normalized spacial score (nSPS) is 10.8. The van der Waals surface area contributed by atoms with E-state index < -0.39 is 17.5 Å². The molecule has 2 heterocycles. The Bertz CT molecular complexity index is 716. The number of fused-ring (bicyclic) bond motifs is 1. The average molecular weight is 323 g/mol. The molecule has 0 fully saturated rings. The summed E-state index contributed by atoms with van der Waals surface area (Å²) in [4.78, 5) is 22.7. The monoisotopic (exact) mass is 323 g/mol. The highest BCUT2D eigenvalue weighted by atomic mass is 16.5. The van der Waals surface area contributed by atoms with Crippen molar-refractivity contribution in [2.45, 2.75) is 33.3 Å². The first kappa shape index (κ1) is 18.4. The quantitative estimate of drug-likeness (QED) is 0.761. The fourth-order valence-corrected chi connectivity index (χ4v) is 1.80. The zero-order valence-electron chi connectivity index (χ0n) is 13.5. The maximum Gasteiger partial charge on any atom is 0.339 e. The van der Waals surface area contributed by atoms with Crippen molar-refractivity contribution in [2.75, 3.05) is 6.61 Å². The number of nitrogens with zero attached hydrogens (tertiary/aromatic N) is 2. The van der Waals surface area contributed by atoms with E-state index in [0.717, 1.165) is 10.7 Å². The number of rotatable bonds is 5. The Balaban J connectivity index is 0.00000127. The van der Waals surface area contributed by atoms with E-state index in [0.29, 0.717) is 0 Å². The molecule has 0 atom stereocenters. The standard InChI is InChI=1S/C13H15N3O5.C2H6/c1-13(2,20)6-21-9-4-3-8-7(12(18)19)5-15-16(8)10(9)11(14)17;1-2/h3-5,20H,6H2,1-2H3,(H2,14,17)(H,18,19);1-2H3. The lowest BCUT2D eigenvalue weighted by Crippen LogP contribution is -2.29. The number of pyridine rings is 1. The van der Waals surface area contributed by atoms with E-state index in [1.165, 1.54) is 12.1 Å². The third-order valence-electron chi connectivity index (χ3n) is 2.69. The molecule has 0 bridgehead atoms. The summed E-state index contributed by atoms with van der Waals surface area (Å²) in [5.74, 6) is -1.85. The van der Waals surface area contributed by atoms with Crippen LogP contribution in [0.2, 0.25) is 0 Å². The molecule has 8 heteroatoms. The van der Waals surface area contributed by atoms with Gasteiger partial charge in [0.05, 0.1) is 17.3 Å². The van der Waals surface area contributed by atoms with Gasteiger partial charge in [0, 0.05) is 0 Å². The van der Waals surface area contributed by atoms with Crippen LogP contribution in [0.1, 0.15) is 48.5 Å². The van der Waals surface area contributed by atoms with Crippen molar-refractivity contribution in [3.05, 3.63) is 29.6 Å². The number of aliphatic hydroxyl groups is 1. The summed E-state index contributed by atoms with van der Waals surface area (Å²) in [6, 6.07) is 2.89. The van der Waals surface area contributed by atoms with Crippen LogP contribution in [0.5, 0.6) is 5.75 Å². The van der Waals surface area contributed by atoms with Crippen molar-refractivity contribution in [1.29, 1.82) is 0 Å². The molecule has 2 rings (SSSR count). The van der Waals surface area contributed by atoms with Crippen molar-refractivity contribution in [1.82, 2.24) is 9.61 Å². The van der Waals surface area contributed by atoms with Crippen LogP contribution in [0, 0.1) is 0 Å². The Kier molecular flexibility index (Phi) is 5.69. The van der Waals surface area contributed by atoms with E-state index in [2.05, 4.69) is 5.10 Å². The molecule has 0 aliphatic carbocycles. The smallest absolute Gasteiger partial charge is 0.339 e. The van der Waals surface area contributed by atoms with Crippen LogP contribution < -0.4 is 10.5 Å². The van der Waals surface area contributed by atoms with E-state index in [4.69, 9.17) is 15.6 Å². The fraction of sp³-hybridized carbons (Fsp3) is 0.400. The molecule has 0 aliphatic heterocycles. The summed E-state index contributed by atoms with van der Waals surface area (Å²) in [7, 11) is 0. The topological polar surface area (TPSA) is 127 Å². The van der Waals surface area contributed by atoms with Gasteiger partial charge in [-0.1, -0.05) is 13.8 Å². The first-order valence-corrected chi connectivity index (χ1v) is 7.10. The lowest BCUT2D eigenvalue weighted by atomic mass is 10.1. The minimum Gasteiger partial charge on any atom is -0.488 e. The average Bonchev–Trinajstić information content (AvgIpc) is 2.89. The van der Waals surface area contributed by atoms with Gasteiger partial charge in [-0.3, -0.25) is 4.79 Å². The maximum atomic E-state index is 11.6. The second-order valence-corrected chi connectivity index (χ2v) is 5.17. The van der Waals surface area contributed by atoms with Gasteiger partial charge in [0.15, 0.2) is 11.4 Å².